The minimum absolute atomic E-state index is 0.514. The van der Waals surface area contributed by atoms with Crippen molar-refractivity contribution in [2.24, 2.45) is 0 Å². The lowest BCUT2D eigenvalue weighted by Crippen LogP contribution is -1.99. The Balaban J connectivity index is 3.02. The molecule has 11 heavy (non-hydrogen) atoms. The van der Waals surface area contributed by atoms with Crippen LogP contribution in [0.3, 0.4) is 0 Å². The number of hydrogen-bond acceptors (Lipinski definition) is 2. The van der Waals surface area contributed by atoms with E-state index in [-0.39, 0.29) is 0 Å². The van der Waals surface area contributed by atoms with Gasteiger partial charge in [-0.1, -0.05) is 30.3 Å². The average molecular weight is 171 g/mol. The Morgan fingerprint density at radius 1 is 1.36 bits per heavy atom. The fourth-order valence-electron chi connectivity index (χ4n) is 0.779. The highest BCUT2D eigenvalue weighted by Crippen LogP contribution is 2.02. The van der Waals surface area contributed by atoms with Crippen LogP contribution in [0.5, 0.6) is 0 Å². The monoisotopic (exact) mass is 171 g/mol. The van der Waals surface area contributed by atoms with E-state index in [4.69, 9.17) is 1.37 Å². The Labute approximate surface area is 68.2 Å². The standard InChI is InChI=1S/C8H10O2S/c1-11(9,10)7-8-5-3-2-4-6-8/h2-6H,7H2,1H3/i7D/t7-/m1/s1. The van der Waals surface area contributed by atoms with Crippen LogP contribution in [-0.4, -0.2) is 14.7 Å². The van der Waals surface area contributed by atoms with Crippen molar-refractivity contribution in [1.82, 2.24) is 0 Å². The summed E-state index contributed by atoms with van der Waals surface area (Å²) >= 11 is 0. The van der Waals surface area contributed by atoms with E-state index in [1.807, 2.05) is 0 Å². The molecule has 3 heteroatoms. The maximum absolute atomic E-state index is 10.9. The van der Waals surface area contributed by atoms with Gasteiger partial charge in [0.05, 0.1) is 5.73 Å². The molecule has 0 aliphatic heterocycles. The highest BCUT2D eigenvalue weighted by atomic mass is 32.2. The summed E-state index contributed by atoms with van der Waals surface area (Å²) in [6.45, 7) is 0. The van der Waals surface area contributed by atoms with Crippen molar-refractivity contribution in [2.45, 2.75) is 5.73 Å². The summed E-state index contributed by atoms with van der Waals surface area (Å²) in [5.74, 6) is 0. The quantitative estimate of drug-likeness (QED) is 0.670. The van der Waals surface area contributed by atoms with Crippen molar-refractivity contribution in [3.8, 4) is 0 Å². The van der Waals surface area contributed by atoms with Crippen molar-refractivity contribution in [2.75, 3.05) is 6.26 Å². The summed E-state index contributed by atoms with van der Waals surface area (Å²) in [6.07, 6.45) is 1.07. The van der Waals surface area contributed by atoms with Gasteiger partial charge in [-0.15, -0.1) is 0 Å². The summed E-state index contributed by atoms with van der Waals surface area (Å²) in [6, 6.07) is 8.51. The first-order chi connectivity index (χ1) is 5.52. The van der Waals surface area contributed by atoms with Crippen LogP contribution in [-0.2, 0) is 15.6 Å². The molecule has 0 saturated carbocycles. The van der Waals surface area contributed by atoms with Gasteiger partial charge in [0, 0.05) is 7.63 Å². The molecule has 0 aliphatic carbocycles. The van der Waals surface area contributed by atoms with E-state index < -0.39 is 15.6 Å². The minimum atomic E-state index is -3.29. The van der Waals surface area contributed by atoms with Gasteiger partial charge in [0.25, 0.3) is 0 Å². The second kappa shape index (κ2) is 3.05. The SMILES string of the molecule is [2H][C@H](c1ccccc1)S(C)(=O)=O. The Morgan fingerprint density at radius 3 is 2.36 bits per heavy atom. The normalized spacial score (nSPS) is 15.5. The van der Waals surface area contributed by atoms with Crippen LogP contribution in [0.25, 0.3) is 0 Å². The van der Waals surface area contributed by atoms with Crippen molar-refractivity contribution in [3.05, 3.63) is 35.9 Å². The van der Waals surface area contributed by atoms with E-state index in [2.05, 4.69) is 0 Å². The molecule has 1 aromatic carbocycles. The second-order valence-corrected chi connectivity index (χ2v) is 4.25. The van der Waals surface area contributed by atoms with E-state index in [9.17, 15) is 8.42 Å². The molecule has 1 rings (SSSR count). The van der Waals surface area contributed by atoms with Gasteiger partial charge >= 0.3 is 0 Å². The van der Waals surface area contributed by atoms with Crippen LogP contribution in [0.1, 0.15) is 6.93 Å². The van der Waals surface area contributed by atoms with Gasteiger partial charge in [-0.25, -0.2) is 8.42 Å². The lowest BCUT2D eigenvalue weighted by molar-refractivity contribution is 0.601. The van der Waals surface area contributed by atoms with Gasteiger partial charge < -0.3 is 0 Å². The zero-order valence-electron chi connectivity index (χ0n) is 7.19. The predicted octanol–water partition coefficient (Wildman–Crippen LogP) is 1.23. The predicted molar refractivity (Wildman–Crippen MR) is 45.0 cm³/mol. The molecule has 2 nitrogen and oxygen atoms in total. The molecule has 0 amide bonds. The third-order valence-corrected chi connectivity index (χ3v) is 1.85. The van der Waals surface area contributed by atoms with Crippen molar-refractivity contribution >= 4 is 9.84 Å². The fraction of sp³-hybridized carbons (Fsp3) is 0.250. The molecule has 0 unspecified atom stereocenters. The molecule has 0 spiro atoms. The van der Waals surface area contributed by atoms with E-state index in [1.165, 1.54) is 0 Å². The van der Waals surface area contributed by atoms with Crippen LogP contribution in [0.4, 0.5) is 0 Å². The smallest absolute Gasteiger partial charge is 0.151 e. The fourth-order valence-corrected chi connectivity index (χ4v) is 1.43. The number of hydrogen-bond donors (Lipinski definition) is 0. The molecule has 0 radical (unpaired) electrons. The van der Waals surface area contributed by atoms with Crippen LogP contribution in [0, 0.1) is 0 Å². The largest absolute Gasteiger partial charge is 0.229 e. The maximum atomic E-state index is 10.9. The van der Waals surface area contributed by atoms with Crippen LogP contribution < -0.4 is 0 Å². The van der Waals surface area contributed by atoms with Crippen LogP contribution >= 0.6 is 0 Å². The first kappa shape index (κ1) is 6.85. The van der Waals surface area contributed by atoms with Gasteiger partial charge in [0.15, 0.2) is 9.84 Å². The second-order valence-electron chi connectivity index (χ2n) is 2.36. The molecule has 0 aromatic heterocycles. The third kappa shape index (κ3) is 3.18. The minimum Gasteiger partial charge on any atom is -0.229 e. The molecule has 0 bridgehead atoms. The Morgan fingerprint density at radius 2 is 1.91 bits per heavy atom. The van der Waals surface area contributed by atoms with Gasteiger partial charge in [-0.3, -0.25) is 0 Å². The average Bonchev–Trinajstić information content (AvgIpc) is 2.03. The van der Waals surface area contributed by atoms with Crippen molar-refractivity contribution < 1.29 is 9.79 Å². The first-order valence-corrected chi connectivity index (χ1v) is 5.13. The summed E-state index contributed by atoms with van der Waals surface area (Å²) in [7, 11) is -3.29. The molecular weight excluding hydrogens is 160 g/mol. The topological polar surface area (TPSA) is 34.1 Å². The number of sulfone groups is 1. The summed E-state index contributed by atoms with van der Waals surface area (Å²) < 4.78 is 29.3. The van der Waals surface area contributed by atoms with Gasteiger partial charge in [-0.2, -0.15) is 0 Å². The number of rotatable bonds is 2. The molecule has 1 atom stereocenters. The maximum Gasteiger partial charge on any atom is 0.151 e. The molecule has 0 saturated heterocycles. The van der Waals surface area contributed by atoms with E-state index in [0.717, 1.165) is 6.26 Å². The molecule has 0 N–H and O–H groups in total. The van der Waals surface area contributed by atoms with Gasteiger partial charge in [-0.05, 0) is 5.56 Å². The highest BCUT2D eigenvalue weighted by Gasteiger charge is 2.01. The molecular formula is C8H10O2S. The van der Waals surface area contributed by atoms with E-state index >= 15 is 0 Å². The lowest BCUT2D eigenvalue weighted by atomic mass is 10.2. The number of benzene rings is 1. The van der Waals surface area contributed by atoms with Crippen LogP contribution in [0.2, 0.25) is 0 Å². The highest BCUT2D eigenvalue weighted by molar-refractivity contribution is 7.89. The van der Waals surface area contributed by atoms with E-state index in [1.54, 1.807) is 30.3 Å². The van der Waals surface area contributed by atoms with Crippen LogP contribution in [0.15, 0.2) is 30.3 Å². The Hall–Kier alpha value is -0.830. The summed E-state index contributed by atoms with van der Waals surface area (Å²) in [5.41, 5.74) is -0.640. The molecule has 60 valence electrons. The first-order valence-electron chi connectivity index (χ1n) is 3.75. The van der Waals surface area contributed by atoms with Crippen molar-refractivity contribution in [1.29, 1.82) is 0 Å². The Bertz CT molecular complexity index is 345. The van der Waals surface area contributed by atoms with Crippen molar-refractivity contribution in [3.63, 3.8) is 0 Å². The Kier molecular flexibility index (Phi) is 1.90. The molecule has 1 aromatic rings. The molecule has 0 fully saturated rings. The van der Waals surface area contributed by atoms with E-state index in [0.29, 0.717) is 5.56 Å². The zero-order chi connectivity index (χ0) is 9.19. The molecule has 0 aliphatic rings. The van der Waals surface area contributed by atoms with Gasteiger partial charge in [0.1, 0.15) is 0 Å². The zero-order valence-corrected chi connectivity index (χ0v) is 7.01. The lowest BCUT2D eigenvalue weighted by Gasteiger charge is -1.96. The van der Waals surface area contributed by atoms with Gasteiger partial charge in [0.2, 0.25) is 0 Å². The summed E-state index contributed by atoms with van der Waals surface area (Å²) in [5, 5.41) is 0. The third-order valence-electron chi connectivity index (χ3n) is 1.15. The molecule has 0 heterocycles. The summed E-state index contributed by atoms with van der Waals surface area (Å²) in [4.78, 5) is 0.